The third kappa shape index (κ3) is 4.49. The fourth-order valence-electron chi connectivity index (χ4n) is 2.11. The van der Waals surface area contributed by atoms with Gasteiger partial charge in [0, 0.05) is 18.1 Å². The van der Waals surface area contributed by atoms with E-state index in [9.17, 15) is 9.59 Å². The van der Waals surface area contributed by atoms with Crippen LogP contribution in [0.15, 0.2) is 12.1 Å². The van der Waals surface area contributed by atoms with Crippen LogP contribution in [-0.4, -0.2) is 42.9 Å². The number of carbonyl (C=O) groups is 2. The lowest BCUT2D eigenvalue weighted by Gasteiger charge is -2.18. The van der Waals surface area contributed by atoms with Crippen LogP contribution in [0.25, 0.3) is 0 Å². The first-order valence-electron chi connectivity index (χ1n) is 6.49. The van der Waals surface area contributed by atoms with Crippen molar-refractivity contribution in [2.24, 2.45) is 0 Å². The van der Waals surface area contributed by atoms with Crippen molar-refractivity contribution in [3.63, 3.8) is 0 Å². The zero-order valence-electron chi connectivity index (χ0n) is 11.3. The molecule has 0 atom stereocenters. The standard InChI is InChI=1S/C13H16Cl2N4O2/c14-8-4-9(15)13(10(16)5-8)18-12(21)7-19-3-1-2-17-11(20)6-19/h4-5H,1-3,6-7,16H2,(H,17,20)(H,18,21). The number of benzene rings is 1. The van der Waals surface area contributed by atoms with Crippen LogP contribution in [0, 0.1) is 0 Å². The molecule has 1 aromatic carbocycles. The normalized spacial score (nSPS) is 16.2. The molecule has 2 amide bonds. The molecule has 0 aliphatic carbocycles. The van der Waals surface area contributed by atoms with Gasteiger partial charge in [0.1, 0.15) is 0 Å². The van der Waals surface area contributed by atoms with Crippen molar-refractivity contribution in [1.82, 2.24) is 10.2 Å². The zero-order valence-corrected chi connectivity index (χ0v) is 12.8. The third-order valence-electron chi connectivity index (χ3n) is 3.06. The van der Waals surface area contributed by atoms with Crippen LogP contribution in [0.1, 0.15) is 6.42 Å². The van der Waals surface area contributed by atoms with Crippen LogP contribution in [0.5, 0.6) is 0 Å². The van der Waals surface area contributed by atoms with Gasteiger partial charge in [-0.3, -0.25) is 14.5 Å². The third-order valence-corrected chi connectivity index (χ3v) is 3.57. The van der Waals surface area contributed by atoms with Gasteiger partial charge in [0.2, 0.25) is 11.8 Å². The van der Waals surface area contributed by atoms with Gasteiger partial charge in [-0.05, 0) is 18.6 Å². The lowest BCUT2D eigenvalue weighted by molar-refractivity contribution is -0.122. The van der Waals surface area contributed by atoms with Crippen LogP contribution in [0.2, 0.25) is 10.0 Å². The molecular formula is C13H16Cl2N4O2. The van der Waals surface area contributed by atoms with Crippen molar-refractivity contribution in [2.75, 3.05) is 37.2 Å². The zero-order chi connectivity index (χ0) is 15.4. The van der Waals surface area contributed by atoms with Gasteiger partial charge in [0.25, 0.3) is 0 Å². The largest absolute Gasteiger partial charge is 0.397 e. The highest BCUT2D eigenvalue weighted by Crippen LogP contribution is 2.31. The molecule has 1 aromatic rings. The van der Waals surface area contributed by atoms with Crippen LogP contribution < -0.4 is 16.4 Å². The summed E-state index contributed by atoms with van der Waals surface area (Å²) >= 11 is 11.8. The van der Waals surface area contributed by atoms with E-state index in [0.29, 0.717) is 29.5 Å². The fraction of sp³-hybridized carbons (Fsp3) is 0.385. The topological polar surface area (TPSA) is 87.5 Å². The summed E-state index contributed by atoms with van der Waals surface area (Å²) in [6.45, 7) is 1.62. The first-order chi connectivity index (χ1) is 9.95. The highest BCUT2D eigenvalue weighted by Gasteiger charge is 2.18. The minimum Gasteiger partial charge on any atom is -0.397 e. The molecule has 114 valence electrons. The van der Waals surface area contributed by atoms with Gasteiger partial charge in [0.05, 0.1) is 29.5 Å². The predicted molar refractivity (Wildman–Crippen MR) is 83.6 cm³/mol. The molecule has 0 bridgehead atoms. The summed E-state index contributed by atoms with van der Waals surface area (Å²) in [5, 5.41) is 6.10. The van der Waals surface area contributed by atoms with E-state index in [0.717, 1.165) is 6.42 Å². The second kappa shape index (κ2) is 6.98. The van der Waals surface area contributed by atoms with Crippen LogP contribution >= 0.6 is 23.2 Å². The SMILES string of the molecule is Nc1cc(Cl)cc(Cl)c1NC(=O)CN1CCCNC(=O)C1. The molecule has 1 fully saturated rings. The lowest BCUT2D eigenvalue weighted by Crippen LogP contribution is -2.38. The van der Waals surface area contributed by atoms with E-state index in [1.165, 1.54) is 12.1 Å². The van der Waals surface area contributed by atoms with Crippen molar-refractivity contribution >= 4 is 46.4 Å². The molecule has 0 saturated carbocycles. The molecule has 1 saturated heterocycles. The summed E-state index contributed by atoms with van der Waals surface area (Å²) in [6.07, 6.45) is 0.808. The minimum atomic E-state index is -0.277. The molecule has 8 heteroatoms. The van der Waals surface area contributed by atoms with Crippen molar-refractivity contribution in [3.05, 3.63) is 22.2 Å². The van der Waals surface area contributed by atoms with Gasteiger partial charge in [-0.1, -0.05) is 23.2 Å². The smallest absolute Gasteiger partial charge is 0.238 e. The summed E-state index contributed by atoms with van der Waals surface area (Å²) in [5.74, 6) is -0.357. The van der Waals surface area contributed by atoms with E-state index in [2.05, 4.69) is 10.6 Å². The Kier molecular flexibility index (Phi) is 5.27. The highest BCUT2D eigenvalue weighted by molar-refractivity contribution is 6.37. The number of nitrogens with zero attached hydrogens (tertiary/aromatic N) is 1. The summed E-state index contributed by atoms with van der Waals surface area (Å²) < 4.78 is 0. The monoisotopic (exact) mass is 330 g/mol. The molecular weight excluding hydrogens is 315 g/mol. The van der Waals surface area contributed by atoms with E-state index in [1.807, 2.05) is 0 Å². The molecule has 1 aliphatic heterocycles. The summed E-state index contributed by atoms with van der Waals surface area (Å²) in [7, 11) is 0. The maximum atomic E-state index is 12.1. The number of hydrogen-bond acceptors (Lipinski definition) is 4. The maximum absolute atomic E-state index is 12.1. The number of nitrogens with two attached hydrogens (primary N) is 1. The Bertz CT molecular complexity index is 542. The number of nitrogen functional groups attached to an aromatic ring is 1. The average Bonchev–Trinajstić information content (AvgIpc) is 2.58. The van der Waals surface area contributed by atoms with Gasteiger partial charge >= 0.3 is 0 Å². The Hall–Kier alpha value is -1.50. The molecule has 4 N–H and O–H groups in total. The second-order valence-electron chi connectivity index (χ2n) is 4.81. The van der Waals surface area contributed by atoms with E-state index in [4.69, 9.17) is 28.9 Å². The summed E-state index contributed by atoms with van der Waals surface area (Å²) in [6, 6.07) is 3.02. The van der Waals surface area contributed by atoms with Gasteiger partial charge in [-0.25, -0.2) is 0 Å². The second-order valence-corrected chi connectivity index (χ2v) is 5.66. The van der Waals surface area contributed by atoms with Crippen molar-refractivity contribution < 1.29 is 9.59 Å². The number of rotatable bonds is 3. The Morgan fingerprint density at radius 3 is 2.90 bits per heavy atom. The quantitative estimate of drug-likeness (QED) is 0.730. The van der Waals surface area contributed by atoms with Crippen molar-refractivity contribution in [2.45, 2.75) is 6.42 Å². The Morgan fingerprint density at radius 1 is 1.43 bits per heavy atom. The van der Waals surface area contributed by atoms with Gasteiger partial charge < -0.3 is 16.4 Å². The van der Waals surface area contributed by atoms with E-state index < -0.39 is 0 Å². The lowest BCUT2D eigenvalue weighted by atomic mass is 10.2. The minimum absolute atomic E-state index is 0.0793. The Balaban J connectivity index is 2.00. The molecule has 0 spiro atoms. The highest BCUT2D eigenvalue weighted by atomic mass is 35.5. The van der Waals surface area contributed by atoms with Gasteiger partial charge in [-0.2, -0.15) is 0 Å². The molecule has 6 nitrogen and oxygen atoms in total. The van der Waals surface area contributed by atoms with E-state index in [1.54, 1.807) is 4.90 Å². The van der Waals surface area contributed by atoms with Crippen LogP contribution in [0.3, 0.4) is 0 Å². The number of anilines is 2. The Morgan fingerprint density at radius 2 is 2.19 bits per heavy atom. The molecule has 21 heavy (non-hydrogen) atoms. The van der Waals surface area contributed by atoms with E-state index in [-0.39, 0.29) is 29.9 Å². The average molecular weight is 331 g/mol. The molecule has 1 heterocycles. The summed E-state index contributed by atoms with van der Waals surface area (Å²) in [4.78, 5) is 25.3. The van der Waals surface area contributed by atoms with Crippen LogP contribution in [-0.2, 0) is 9.59 Å². The van der Waals surface area contributed by atoms with Gasteiger partial charge in [-0.15, -0.1) is 0 Å². The molecule has 0 unspecified atom stereocenters. The number of amides is 2. The van der Waals surface area contributed by atoms with E-state index >= 15 is 0 Å². The van der Waals surface area contributed by atoms with Crippen molar-refractivity contribution in [3.8, 4) is 0 Å². The molecule has 0 radical (unpaired) electrons. The number of halogens is 2. The fourth-order valence-corrected chi connectivity index (χ4v) is 2.67. The molecule has 1 aliphatic rings. The molecule has 0 aromatic heterocycles. The van der Waals surface area contributed by atoms with Gasteiger partial charge in [0.15, 0.2) is 0 Å². The first-order valence-corrected chi connectivity index (χ1v) is 7.24. The Labute approximate surface area is 132 Å². The van der Waals surface area contributed by atoms with Crippen molar-refractivity contribution in [1.29, 1.82) is 0 Å². The number of nitrogens with one attached hydrogen (secondary N) is 2. The number of hydrogen-bond donors (Lipinski definition) is 3. The summed E-state index contributed by atoms with van der Waals surface area (Å²) in [5.41, 5.74) is 6.43. The molecule has 2 rings (SSSR count). The van der Waals surface area contributed by atoms with Crippen LogP contribution in [0.4, 0.5) is 11.4 Å². The predicted octanol–water partition coefficient (Wildman–Crippen LogP) is 1.34. The first kappa shape index (κ1) is 15.9. The number of carbonyl (C=O) groups excluding carboxylic acids is 2. The maximum Gasteiger partial charge on any atom is 0.238 e.